The van der Waals surface area contributed by atoms with Crippen molar-refractivity contribution in [3.05, 3.63) is 69.8 Å². The highest BCUT2D eigenvalue weighted by molar-refractivity contribution is 5.58. The smallest absolute Gasteiger partial charge is 0.197 e. The average Bonchev–Trinajstić information content (AvgIpc) is 2.99. The Morgan fingerprint density at radius 2 is 1.11 bits per heavy atom. The maximum atomic E-state index is 13.9. The Hall–Kier alpha value is -1.88. The zero-order valence-electron chi connectivity index (χ0n) is 9.48. The van der Waals surface area contributed by atoms with Crippen LogP contribution in [0.25, 0.3) is 0 Å². The van der Waals surface area contributed by atoms with Gasteiger partial charge < -0.3 is 0 Å². The molecule has 2 aromatic carbocycles. The summed E-state index contributed by atoms with van der Waals surface area (Å²) in [6, 6.07) is 5.87. The molecule has 0 spiro atoms. The third kappa shape index (κ3) is 1.14. The summed E-state index contributed by atoms with van der Waals surface area (Å²) in [4.78, 5) is 0. The van der Waals surface area contributed by atoms with Gasteiger partial charge in [0.25, 0.3) is 0 Å². The van der Waals surface area contributed by atoms with Gasteiger partial charge >= 0.3 is 0 Å². The van der Waals surface area contributed by atoms with Gasteiger partial charge in [0.05, 0.1) is 12.1 Å². The van der Waals surface area contributed by atoms with Crippen molar-refractivity contribution in [2.45, 2.75) is 12.1 Å². The molecule has 2 aliphatic rings. The molecule has 2 unspecified atom stereocenters. The fraction of sp³-hybridized carbons (Fsp3) is 0.143. The van der Waals surface area contributed by atoms with Crippen molar-refractivity contribution in [3.8, 4) is 0 Å². The van der Waals surface area contributed by atoms with Gasteiger partial charge in [-0.05, 0) is 11.1 Å². The molecule has 0 aromatic heterocycles. The fourth-order valence-corrected chi connectivity index (χ4v) is 3.09. The summed E-state index contributed by atoms with van der Waals surface area (Å²) >= 11 is 0. The highest BCUT2D eigenvalue weighted by Crippen LogP contribution is 2.51. The van der Waals surface area contributed by atoms with Crippen LogP contribution in [-0.2, 0) is 0 Å². The van der Waals surface area contributed by atoms with Gasteiger partial charge in [0.2, 0.25) is 0 Å². The van der Waals surface area contributed by atoms with E-state index in [0.717, 1.165) is 11.1 Å². The normalized spacial score (nSPS) is 22.5. The van der Waals surface area contributed by atoms with E-state index < -0.39 is 35.4 Å². The highest BCUT2D eigenvalue weighted by atomic mass is 19.2. The summed E-state index contributed by atoms with van der Waals surface area (Å²) < 4.78 is 54.4. The maximum Gasteiger partial charge on any atom is 0.197 e. The summed E-state index contributed by atoms with van der Waals surface area (Å²) in [7, 11) is 0. The van der Waals surface area contributed by atoms with Crippen molar-refractivity contribution in [1.82, 2.24) is 5.32 Å². The lowest BCUT2D eigenvalue weighted by molar-refractivity contribution is 0.400. The molecule has 0 radical (unpaired) electrons. The molecule has 2 atom stereocenters. The largest absolute Gasteiger partial charge is 0.295 e. The van der Waals surface area contributed by atoms with E-state index in [1.165, 1.54) is 0 Å². The Bertz CT molecular complexity index is 666. The van der Waals surface area contributed by atoms with Crippen LogP contribution in [0.15, 0.2) is 24.3 Å². The van der Waals surface area contributed by atoms with Crippen molar-refractivity contribution >= 4 is 0 Å². The van der Waals surface area contributed by atoms with Gasteiger partial charge in [-0.15, -0.1) is 0 Å². The SMILES string of the molecule is Fc1c(F)c(F)c2c(c1F)C1NC2c2ccccc21. The molecule has 0 saturated carbocycles. The van der Waals surface area contributed by atoms with E-state index >= 15 is 0 Å². The topological polar surface area (TPSA) is 12.0 Å². The third-order valence-corrected chi connectivity index (χ3v) is 3.87. The lowest BCUT2D eigenvalue weighted by Gasteiger charge is -2.19. The van der Waals surface area contributed by atoms with Crippen LogP contribution >= 0.6 is 0 Å². The van der Waals surface area contributed by atoms with Crippen LogP contribution in [0.3, 0.4) is 0 Å². The van der Waals surface area contributed by atoms with Gasteiger partial charge in [0, 0.05) is 11.1 Å². The van der Waals surface area contributed by atoms with Crippen LogP contribution in [0.4, 0.5) is 17.6 Å². The van der Waals surface area contributed by atoms with Crippen LogP contribution < -0.4 is 5.32 Å². The first-order valence-electron chi connectivity index (χ1n) is 5.82. The van der Waals surface area contributed by atoms with E-state index in [9.17, 15) is 17.6 Å². The lowest BCUT2D eigenvalue weighted by atomic mass is 9.85. The molecule has 96 valence electrons. The molecular formula is C14H7F4N. The van der Waals surface area contributed by atoms with Crippen molar-refractivity contribution in [2.24, 2.45) is 0 Å². The van der Waals surface area contributed by atoms with Crippen LogP contribution in [-0.4, -0.2) is 0 Å². The third-order valence-electron chi connectivity index (χ3n) is 3.87. The summed E-state index contributed by atoms with van der Waals surface area (Å²) in [5, 5.41) is 2.98. The fourth-order valence-electron chi connectivity index (χ4n) is 3.09. The van der Waals surface area contributed by atoms with E-state index in [1.54, 1.807) is 24.3 Å². The molecule has 2 bridgehead atoms. The van der Waals surface area contributed by atoms with Gasteiger partial charge in [-0.3, -0.25) is 5.32 Å². The van der Waals surface area contributed by atoms with Gasteiger partial charge in [-0.25, -0.2) is 17.6 Å². The van der Waals surface area contributed by atoms with Crippen LogP contribution in [0, 0.1) is 23.3 Å². The molecule has 1 nitrogen and oxygen atoms in total. The van der Waals surface area contributed by atoms with Crippen molar-refractivity contribution in [2.75, 3.05) is 0 Å². The molecule has 4 rings (SSSR count). The first-order chi connectivity index (χ1) is 9.11. The van der Waals surface area contributed by atoms with E-state index in [-0.39, 0.29) is 11.1 Å². The van der Waals surface area contributed by atoms with Gasteiger partial charge in [-0.2, -0.15) is 0 Å². The lowest BCUT2D eigenvalue weighted by Crippen LogP contribution is -2.12. The minimum atomic E-state index is -1.75. The second-order valence-electron chi connectivity index (χ2n) is 4.74. The molecular weight excluding hydrogens is 258 g/mol. The first-order valence-corrected chi connectivity index (χ1v) is 5.82. The number of benzene rings is 2. The van der Waals surface area contributed by atoms with E-state index in [2.05, 4.69) is 5.32 Å². The molecule has 2 aliphatic heterocycles. The Morgan fingerprint density at radius 3 is 1.53 bits per heavy atom. The summed E-state index contributed by atoms with van der Waals surface area (Å²) in [5.41, 5.74) is 1.34. The van der Waals surface area contributed by atoms with Gasteiger partial charge in [0.15, 0.2) is 23.3 Å². The van der Waals surface area contributed by atoms with Crippen LogP contribution in [0.2, 0.25) is 0 Å². The van der Waals surface area contributed by atoms with Gasteiger partial charge in [0.1, 0.15) is 0 Å². The number of hydrogen-bond donors (Lipinski definition) is 1. The highest BCUT2D eigenvalue weighted by Gasteiger charge is 2.46. The van der Waals surface area contributed by atoms with Crippen LogP contribution in [0.1, 0.15) is 34.3 Å². The molecule has 0 aliphatic carbocycles. The average molecular weight is 265 g/mol. The minimum absolute atomic E-state index is 0.111. The van der Waals surface area contributed by atoms with E-state index in [4.69, 9.17) is 0 Å². The second-order valence-corrected chi connectivity index (χ2v) is 4.74. The molecule has 1 N–H and O–H groups in total. The summed E-state index contributed by atoms with van der Waals surface area (Å²) in [5.74, 6) is -6.10. The number of fused-ring (bicyclic) bond motifs is 8. The monoisotopic (exact) mass is 265 g/mol. The Morgan fingerprint density at radius 1 is 0.684 bits per heavy atom. The molecule has 0 saturated heterocycles. The molecule has 0 fully saturated rings. The summed E-state index contributed by atoms with van der Waals surface area (Å²) in [6.07, 6.45) is 0. The predicted molar refractivity (Wildman–Crippen MR) is 59.5 cm³/mol. The number of hydrogen-bond acceptors (Lipinski definition) is 1. The standard InChI is InChI=1S/C14H7F4N/c15-9-7-8(10(16)12(18)11(9)17)14-6-4-2-1-3-5(6)13(7)19-14/h1-4,13-14,19H. The number of halogens is 4. The van der Waals surface area contributed by atoms with Crippen molar-refractivity contribution in [3.63, 3.8) is 0 Å². The first kappa shape index (κ1) is 11.0. The van der Waals surface area contributed by atoms with Crippen molar-refractivity contribution < 1.29 is 17.6 Å². The van der Waals surface area contributed by atoms with E-state index in [1.807, 2.05) is 0 Å². The number of nitrogens with one attached hydrogen (secondary N) is 1. The second kappa shape index (κ2) is 3.36. The summed E-state index contributed by atoms with van der Waals surface area (Å²) in [6.45, 7) is 0. The zero-order chi connectivity index (χ0) is 13.3. The molecule has 19 heavy (non-hydrogen) atoms. The number of rotatable bonds is 0. The van der Waals surface area contributed by atoms with Gasteiger partial charge in [-0.1, -0.05) is 24.3 Å². The quantitative estimate of drug-likeness (QED) is 0.437. The molecule has 2 heterocycles. The van der Waals surface area contributed by atoms with E-state index in [0.29, 0.717) is 0 Å². The Labute approximate surface area is 105 Å². The Kier molecular flexibility index (Phi) is 1.94. The van der Waals surface area contributed by atoms with Crippen molar-refractivity contribution in [1.29, 1.82) is 0 Å². The predicted octanol–water partition coefficient (Wildman–Crippen LogP) is 3.34. The zero-order valence-corrected chi connectivity index (χ0v) is 9.48. The molecule has 0 amide bonds. The minimum Gasteiger partial charge on any atom is -0.295 e. The Balaban J connectivity index is 2.07. The van der Waals surface area contributed by atoms with Crippen LogP contribution in [0.5, 0.6) is 0 Å². The molecule has 2 aromatic rings. The molecule has 5 heteroatoms. The maximum absolute atomic E-state index is 13.9.